The molecule has 12 heavy (non-hydrogen) atoms. The monoisotopic (exact) mass is 172 g/mol. The van der Waals surface area contributed by atoms with Crippen molar-refractivity contribution < 1.29 is 14.6 Å². The molecule has 0 aromatic carbocycles. The summed E-state index contributed by atoms with van der Waals surface area (Å²) in [5.74, 6) is 0.477. The molecule has 1 aliphatic rings. The fraction of sp³-hybridized carbons (Fsp3) is 0.889. The molecule has 0 amide bonds. The van der Waals surface area contributed by atoms with Crippen molar-refractivity contribution in [1.82, 2.24) is 0 Å². The molecule has 0 saturated heterocycles. The molecular weight excluding hydrogens is 156 g/mol. The first-order valence-corrected chi connectivity index (χ1v) is 4.18. The Morgan fingerprint density at radius 1 is 1.50 bits per heavy atom. The second-order valence-corrected chi connectivity index (χ2v) is 4.71. The van der Waals surface area contributed by atoms with Gasteiger partial charge in [-0.1, -0.05) is 20.8 Å². The van der Waals surface area contributed by atoms with Gasteiger partial charge in [0.2, 0.25) is 0 Å². The highest BCUT2D eigenvalue weighted by molar-refractivity contribution is 5.35. The van der Waals surface area contributed by atoms with Crippen molar-refractivity contribution >= 4 is 6.47 Å². The van der Waals surface area contributed by atoms with Crippen LogP contribution in [0.5, 0.6) is 0 Å². The zero-order valence-electron chi connectivity index (χ0n) is 8.09. The molecule has 1 fully saturated rings. The van der Waals surface area contributed by atoms with Crippen LogP contribution in [-0.2, 0) is 14.6 Å². The number of hydrogen-bond donors (Lipinski definition) is 0. The first-order chi connectivity index (χ1) is 5.40. The van der Waals surface area contributed by atoms with Crippen LogP contribution in [-0.4, -0.2) is 12.1 Å². The van der Waals surface area contributed by atoms with Gasteiger partial charge in [-0.2, -0.15) is 4.89 Å². The molecule has 0 bridgehead atoms. The largest absolute Gasteiger partial charge is 0.330 e. The van der Waals surface area contributed by atoms with Crippen LogP contribution in [0, 0.1) is 11.3 Å². The summed E-state index contributed by atoms with van der Waals surface area (Å²) in [6, 6.07) is 0. The van der Waals surface area contributed by atoms with Crippen LogP contribution < -0.4 is 0 Å². The summed E-state index contributed by atoms with van der Waals surface area (Å²) in [7, 11) is 0. The van der Waals surface area contributed by atoms with Crippen molar-refractivity contribution in [1.29, 1.82) is 0 Å². The summed E-state index contributed by atoms with van der Waals surface area (Å²) >= 11 is 0. The summed E-state index contributed by atoms with van der Waals surface area (Å²) in [5.41, 5.74) is -0.0276. The van der Waals surface area contributed by atoms with Gasteiger partial charge in [0.25, 0.3) is 0 Å². The maximum atomic E-state index is 9.89. The van der Waals surface area contributed by atoms with Gasteiger partial charge in [0.15, 0.2) is 0 Å². The minimum Gasteiger partial charge on any atom is -0.301 e. The van der Waals surface area contributed by atoms with Gasteiger partial charge in [0.1, 0.15) is 5.60 Å². The Labute approximate surface area is 73.0 Å². The third kappa shape index (κ3) is 1.78. The first kappa shape index (κ1) is 9.52. The van der Waals surface area contributed by atoms with Crippen molar-refractivity contribution in [2.75, 3.05) is 0 Å². The van der Waals surface area contributed by atoms with Crippen LogP contribution in [0.2, 0.25) is 0 Å². The highest BCUT2D eigenvalue weighted by atomic mass is 17.2. The van der Waals surface area contributed by atoms with Crippen molar-refractivity contribution in [3.05, 3.63) is 0 Å². The Kier molecular flexibility index (Phi) is 2.17. The molecule has 1 aliphatic carbocycles. The van der Waals surface area contributed by atoms with Gasteiger partial charge < -0.3 is 4.89 Å². The van der Waals surface area contributed by atoms with Crippen LogP contribution in [0.15, 0.2) is 0 Å². The van der Waals surface area contributed by atoms with E-state index in [4.69, 9.17) is 4.89 Å². The molecule has 0 aliphatic heterocycles. The average molecular weight is 172 g/mol. The molecule has 0 heterocycles. The second-order valence-electron chi connectivity index (χ2n) is 4.71. The Hall–Kier alpha value is -0.570. The molecule has 70 valence electrons. The first-order valence-electron chi connectivity index (χ1n) is 4.18. The van der Waals surface area contributed by atoms with Gasteiger partial charge in [-0.25, -0.2) is 0 Å². The van der Waals surface area contributed by atoms with Crippen LogP contribution in [0.25, 0.3) is 0 Å². The fourth-order valence-corrected chi connectivity index (χ4v) is 1.79. The smallest absolute Gasteiger partial charge is 0.301 e. The molecule has 0 N–H and O–H groups in total. The van der Waals surface area contributed by atoms with E-state index in [1.807, 2.05) is 6.92 Å². The van der Waals surface area contributed by atoms with Gasteiger partial charge in [-0.15, -0.1) is 0 Å². The predicted octanol–water partition coefficient (Wildman–Crippen LogP) is 1.92. The predicted molar refractivity (Wildman–Crippen MR) is 44.2 cm³/mol. The molecule has 1 rings (SSSR count). The van der Waals surface area contributed by atoms with E-state index in [-0.39, 0.29) is 11.0 Å². The molecule has 1 saturated carbocycles. The molecule has 0 spiro atoms. The van der Waals surface area contributed by atoms with Gasteiger partial charge in [0, 0.05) is 0 Å². The van der Waals surface area contributed by atoms with Crippen LogP contribution in [0.3, 0.4) is 0 Å². The van der Waals surface area contributed by atoms with E-state index in [1.165, 1.54) is 0 Å². The lowest BCUT2D eigenvalue weighted by molar-refractivity contribution is -0.298. The van der Waals surface area contributed by atoms with E-state index in [9.17, 15) is 4.79 Å². The minimum absolute atomic E-state index is 0.223. The summed E-state index contributed by atoms with van der Waals surface area (Å²) in [6.45, 7) is 8.77. The van der Waals surface area contributed by atoms with E-state index in [2.05, 4.69) is 25.7 Å². The average Bonchev–Trinajstić information content (AvgIpc) is 2.59. The molecule has 0 aromatic rings. The molecule has 3 nitrogen and oxygen atoms in total. The summed E-state index contributed by atoms with van der Waals surface area (Å²) in [6.07, 6.45) is 0.963. The Morgan fingerprint density at radius 3 is 2.42 bits per heavy atom. The third-order valence-electron chi connectivity index (χ3n) is 2.51. The third-order valence-corrected chi connectivity index (χ3v) is 2.51. The van der Waals surface area contributed by atoms with Gasteiger partial charge in [-0.3, -0.25) is 4.79 Å². The molecule has 2 unspecified atom stereocenters. The Balaban J connectivity index is 2.42. The van der Waals surface area contributed by atoms with Crippen molar-refractivity contribution in [2.45, 2.75) is 39.7 Å². The summed E-state index contributed by atoms with van der Waals surface area (Å²) in [5, 5.41) is 0. The van der Waals surface area contributed by atoms with E-state index >= 15 is 0 Å². The molecule has 3 heteroatoms. The number of rotatable bonds is 3. The standard InChI is InChI=1S/C9H16O3/c1-8(2,3)7-5-9(7,4)12-11-6-10/h6-7H,5H2,1-4H3. The normalized spacial score (nSPS) is 34.5. The maximum absolute atomic E-state index is 9.89. The van der Waals surface area contributed by atoms with Crippen molar-refractivity contribution in [2.24, 2.45) is 11.3 Å². The minimum atomic E-state index is -0.251. The van der Waals surface area contributed by atoms with E-state index in [1.54, 1.807) is 0 Å². The zero-order valence-corrected chi connectivity index (χ0v) is 8.09. The van der Waals surface area contributed by atoms with E-state index in [0.29, 0.717) is 12.4 Å². The van der Waals surface area contributed by atoms with Gasteiger partial charge >= 0.3 is 6.47 Å². The van der Waals surface area contributed by atoms with Crippen LogP contribution in [0.4, 0.5) is 0 Å². The zero-order chi connectivity index (χ0) is 9.41. The summed E-state index contributed by atoms with van der Waals surface area (Å²) in [4.78, 5) is 19.2. The molecule has 0 radical (unpaired) electrons. The molecular formula is C9H16O3. The Bertz CT molecular complexity index is 183. The quantitative estimate of drug-likeness (QED) is 0.370. The van der Waals surface area contributed by atoms with Crippen molar-refractivity contribution in [3.8, 4) is 0 Å². The van der Waals surface area contributed by atoms with Gasteiger partial charge in [0.05, 0.1) is 0 Å². The number of carbonyl (C=O) groups is 1. The van der Waals surface area contributed by atoms with E-state index in [0.717, 1.165) is 6.42 Å². The Morgan fingerprint density at radius 2 is 2.08 bits per heavy atom. The number of hydrogen-bond acceptors (Lipinski definition) is 3. The number of carbonyl (C=O) groups excluding carboxylic acids is 1. The topological polar surface area (TPSA) is 35.5 Å². The van der Waals surface area contributed by atoms with Crippen LogP contribution in [0.1, 0.15) is 34.1 Å². The fourth-order valence-electron chi connectivity index (χ4n) is 1.79. The SMILES string of the molecule is CC(C)(C)C1CC1(C)OOC=O. The lowest BCUT2D eigenvalue weighted by Gasteiger charge is -2.20. The molecule has 0 aromatic heterocycles. The highest BCUT2D eigenvalue weighted by Gasteiger charge is 2.58. The lowest BCUT2D eigenvalue weighted by Crippen LogP contribution is -2.20. The van der Waals surface area contributed by atoms with E-state index < -0.39 is 0 Å². The highest BCUT2D eigenvalue weighted by Crippen LogP contribution is 2.56. The second kappa shape index (κ2) is 2.73. The maximum Gasteiger partial charge on any atom is 0.330 e. The lowest BCUT2D eigenvalue weighted by atomic mass is 9.88. The molecule has 2 atom stereocenters. The van der Waals surface area contributed by atoms with Crippen LogP contribution >= 0.6 is 0 Å². The van der Waals surface area contributed by atoms with Gasteiger partial charge in [-0.05, 0) is 24.7 Å². The summed E-state index contributed by atoms with van der Waals surface area (Å²) < 4.78 is 0. The van der Waals surface area contributed by atoms with Crippen molar-refractivity contribution in [3.63, 3.8) is 0 Å².